The van der Waals surface area contributed by atoms with E-state index in [1.165, 1.54) is 0 Å². The summed E-state index contributed by atoms with van der Waals surface area (Å²) < 4.78 is 11.0. The fraction of sp³-hybridized carbons (Fsp3) is 1.00. The summed E-state index contributed by atoms with van der Waals surface area (Å²) >= 11 is 0. The SMILES string of the molecule is CC(O)(CN)CCCCOCC1CCOCC1. The van der Waals surface area contributed by atoms with Crippen LogP contribution in [0.1, 0.15) is 39.0 Å². The van der Waals surface area contributed by atoms with Crippen LogP contribution in [0.2, 0.25) is 0 Å². The van der Waals surface area contributed by atoms with E-state index in [1.54, 1.807) is 6.92 Å². The van der Waals surface area contributed by atoms with Gasteiger partial charge in [0, 0.05) is 33.0 Å². The lowest BCUT2D eigenvalue weighted by Crippen LogP contribution is -2.33. The van der Waals surface area contributed by atoms with Crippen LogP contribution in [-0.4, -0.2) is 43.7 Å². The molecule has 4 nitrogen and oxygen atoms in total. The second kappa shape index (κ2) is 8.03. The Hall–Kier alpha value is -0.160. The fourth-order valence-electron chi connectivity index (χ4n) is 1.98. The molecule has 0 aromatic heterocycles. The molecule has 0 radical (unpaired) electrons. The Labute approximate surface area is 104 Å². The van der Waals surface area contributed by atoms with Crippen molar-refractivity contribution >= 4 is 0 Å². The predicted octanol–water partition coefficient (Wildman–Crippen LogP) is 1.31. The van der Waals surface area contributed by atoms with Gasteiger partial charge in [0.1, 0.15) is 0 Å². The monoisotopic (exact) mass is 245 g/mol. The van der Waals surface area contributed by atoms with Crippen LogP contribution in [-0.2, 0) is 9.47 Å². The lowest BCUT2D eigenvalue weighted by molar-refractivity contribution is 0.0171. The molecule has 102 valence electrons. The number of ether oxygens (including phenoxy) is 2. The maximum Gasteiger partial charge on any atom is 0.0741 e. The first-order chi connectivity index (χ1) is 8.14. The van der Waals surface area contributed by atoms with E-state index in [0.717, 1.165) is 58.5 Å². The zero-order valence-electron chi connectivity index (χ0n) is 11.0. The second-order valence-electron chi connectivity index (χ2n) is 5.29. The second-order valence-corrected chi connectivity index (χ2v) is 5.29. The molecular weight excluding hydrogens is 218 g/mol. The summed E-state index contributed by atoms with van der Waals surface area (Å²) in [6, 6.07) is 0. The molecule has 1 rings (SSSR count). The first kappa shape index (κ1) is 14.9. The Balaban J connectivity index is 1.90. The van der Waals surface area contributed by atoms with Crippen molar-refractivity contribution in [2.45, 2.75) is 44.6 Å². The van der Waals surface area contributed by atoms with Crippen molar-refractivity contribution in [3.8, 4) is 0 Å². The van der Waals surface area contributed by atoms with Crippen LogP contribution in [0.25, 0.3) is 0 Å². The number of hydrogen-bond donors (Lipinski definition) is 2. The summed E-state index contributed by atoms with van der Waals surface area (Å²) in [5, 5.41) is 9.70. The highest BCUT2D eigenvalue weighted by atomic mass is 16.5. The molecule has 0 aliphatic carbocycles. The van der Waals surface area contributed by atoms with E-state index in [0.29, 0.717) is 12.5 Å². The van der Waals surface area contributed by atoms with Gasteiger partial charge >= 0.3 is 0 Å². The van der Waals surface area contributed by atoms with Gasteiger partial charge in [-0.05, 0) is 44.9 Å². The van der Waals surface area contributed by atoms with E-state index in [9.17, 15) is 5.11 Å². The average molecular weight is 245 g/mol. The van der Waals surface area contributed by atoms with Crippen LogP contribution in [0.4, 0.5) is 0 Å². The number of hydrogen-bond acceptors (Lipinski definition) is 4. The largest absolute Gasteiger partial charge is 0.389 e. The van der Waals surface area contributed by atoms with Crippen LogP contribution in [0.3, 0.4) is 0 Å². The summed E-state index contributed by atoms with van der Waals surface area (Å²) in [5.41, 5.74) is 4.74. The van der Waals surface area contributed by atoms with E-state index in [1.807, 2.05) is 0 Å². The third-order valence-corrected chi connectivity index (χ3v) is 3.39. The third-order valence-electron chi connectivity index (χ3n) is 3.39. The van der Waals surface area contributed by atoms with Gasteiger partial charge in [-0.2, -0.15) is 0 Å². The van der Waals surface area contributed by atoms with E-state index in [4.69, 9.17) is 15.2 Å². The number of unbranched alkanes of at least 4 members (excludes halogenated alkanes) is 1. The summed E-state index contributed by atoms with van der Waals surface area (Å²) in [6.07, 6.45) is 4.98. The highest BCUT2D eigenvalue weighted by molar-refractivity contribution is 4.72. The molecular formula is C13H27NO3. The maximum atomic E-state index is 9.70. The molecule has 1 atom stereocenters. The van der Waals surface area contributed by atoms with Gasteiger partial charge in [0.2, 0.25) is 0 Å². The summed E-state index contributed by atoms with van der Waals surface area (Å²) in [7, 11) is 0. The van der Waals surface area contributed by atoms with Gasteiger partial charge in [-0.3, -0.25) is 0 Å². The molecule has 0 spiro atoms. The molecule has 1 fully saturated rings. The first-order valence-corrected chi connectivity index (χ1v) is 6.72. The Morgan fingerprint density at radius 3 is 2.71 bits per heavy atom. The van der Waals surface area contributed by atoms with Gasteiger partial charge in [-0.15, -0.1) is 0 Å². The molecule has 0 saturated carbocycles. The van der Waals surface area contributed by atoms with E-state index >= 15 is 0 Å². The van der Waals surface area contributed by atoms with Gasteiger partial charge in [0.15, 0.2) is 0 Å². The van der Waals surface area contributed by atoms with Crippen molar-refractivity contribution in [2.75, 3.05) is 33.0 Å². The molecule has 1 aliphatic heterocycles. The number of rotatable bonds is 8. The Bertz CT molecular complexity index is 191. The number of nitrogens with two attached hydrogens (primary N) is 1. The van der Waals surface area contributed by atoms with Crippen LogP contribution >= 0.6 is 0 Å². The van der Waals surface area contributed by atoms with Crippen molar-refractivity contribution in [3.05, 3.63) is 0 Å². The highest BCUT2D eigenvalue weighted by Gasteiger charge is 2.17. The van der Waals surface area contributed by atoms with Crippen LogP contribution in [0.15, 0.2) is 0 Å². The van der Waals surface area contributed by atoms with Crippen LogP contribution in [0, 0.1) is 5.92 Å². The molecule has 0 bridgehead atoms. The molecule has 0 aromatic carbocycles. The standard InChI is InChI=1S/C13H27NO3/c1-13(15,11-14)6-2-3-7-17-10-12-4-8-16-9-5-12/h12,15H,2-11,14H2,1H3. The van der Waals surface area contributed by atoms with Gasteiger partial charge in [-0.1, -0.05) is 0 Å². The molecule has 3 N–H and O–H groups in total. The lowest BCUT2D eigenvalue weighted by atomic mass is 9.99. The van der Waals surface area contributed by atoms with Crippen molar-refractivity contribution in [2.24, 2.45) is 11.7 Å². The smallest absolute Gasteiger partial charge is 0.0741 e. The fourth-order valence-corrected chi connectivity index (χ4v) is 1.98. The molecule has 1 heterocycles. The first-order valence-electron chi connectivity index (χ1n) is 6.72. The minimum Gasteiger partial charge on any atom is -0.389 e. The highest BCUT2D eigenvalue weighted by Crippen LogP contribution is 2.15. The van der Waals surface area contributed by atoms with Crippen molar-refractivity contribution in [1.29, 1.82) is 0 Å². The summed E-state index contributed by atoms with van der Waals surface area (Å²) in [4.78, 5) is 0. The normalized spacial score (nSPS) is 21.4. The predicted molar refractivity (Wildman–Crippen MR) is 67.9 cm³/mol. The average Bonchev–Trinajstić information content (AvgIpc) is 2.35. The molecule has 0 amide bonds. The zero-order chi connectivity index (χ0) is 12.6. The van der Waals surface area contributed by atoms with Gasteiger partial charge in [-0.25, -0.2) is 0 Å². The number of aliphatic hydroxyl groups is 1. The quantitative estimate of drug-likeness (QED) is 0.633. The molecule has 0 aromatic rings. The van der Waals surface area contributed by atoms with Crippen LogP contribution in [0.5, 0.6) is 0 Å². The zero-order valence-corrected chi connectivity index (χ0v) is 11.0. The molecule has 1 saturated heterocycles. The van der Waals surface area contributed by atoms with Gasteiger partial charge in [0.25, 0.3) is 0 Å². The third kappa shape index (κ3) is 6.99. The topological polar surface area (TPSA) is 64.7 Å². The summed E-state index contributed by atoms with van der Waals surface area (Å²) in [5.74, 6) is 0.677. The van der Waals surface area contributed by atoms with E-state index < -0.39 is 5.60 Å². The lowest BCUT2D eigenvalue weighted by Gasteiger charge is -2.22. The molecule has 1 aliphatic rings. The molecule has 17 heavy (non-hydrogen) atoms. The van der Waals surface area contributed by atoms with Gasteiger partial charge < -0.3 is 20.3 Å². The summed E-state index contributed by atoms with van der Waals surface area (Å²) in [6.45, 7) is 5.53. The Morgan fingerprint density at radius 1 is 1.35 bits per heavy atom. The van der Waals surface area contributed by atoms with Crippen LogP contribution < -0.4 is 5.73 Å². The minimum absolute atomic E-state index is 0.329. The Kier molecular flexibility index (Phi) is 7.04. The maximum absolute atomic E-state index is 9.70. The van der Waals surface area contributed by atoms with Gasteiger partial charge in [0.05, 0.1) is 5.60 Å². The molecule has 4 heteroatoms. The van der Waals surface area contributed by atoms with Crippen molar-refractivity contribution < 1.29 is 14.6 Å². The van der Waals surface area contributed by atoms with E-state index in [2.05, 4.69) is 0 Å². The minimum atomic E-state index is -0.708. The molecule has 1 unspecified atom stereocenters. The van der Waals surface area contributed by atoms with Crippen molar-refractivity contribution in [1.82, 2.24) is 0 Å². The van der Waals surface area contributed by atoms with E-state index in [-0.39, 0.29) is 0 Å². The van der Waals surface area contributed by atoms with Crippen molar-refractivity contribution in [3.63, 3.8) is 0 Å². The Morgan fingerprint density at radius 2 is 2.06 bits per heavy atom.